The Labute approximate surface area is 107 Å². The molecule has 0 aliphatic rings. The maximum Gasteiger partial charge on any atom is 0.315 e. The van der Waals surface area contributed by atoms with E-state index < -0.39 is 0 Å². The Balaban J connectivity index is 2.14. The summed E-state index contributed by atoms with van der Waals surface area (Å²) in [4.78, 5) is 11.3. The van der Waals surface area contributed by atoms with Crippen LogP contribution in [-0.2, 0) is 15.3 Å². The van der Waals surface area contributed by atoms with Gasteiger partial charge in [-0.05, 0) is 24.1 Å². The van der Waals surface area contributed by atoms with E-state index >= 15 is 0 Å². The lowest BCUT2D eigenvalue weighted by atomic mass is 10.2. The number of ether oxygens (including phenoxy) is 1. The Hall–Kier alpha value is -1.16. The predicted octanol–water partition coefficient (Wildman–Crippen LogP) is 2.85. The molecule has 1 aromatic rings. The number of carbonyl (C=O) groups is 1. The van der Waals surface area contributed by atoms with Crippen LogP contribution in [0.3, 0.4) is 0 Å². The third kappa shape index (κ3) is 6.22. The molecule has 0 radical (unpaired) electrons. The molecule has 2 N–H and O–H groups in total. The standard InChI is InChI=1S/C13H19NO2S/c1-2-3-8-16-13(15)10-17-9-11-4-6-12(14)7-5-11/h4-7H,2-3,8-10,14H2,1H3. The molecule has 94 valence electrons. The molecule has 1 aromatic carbocycles. The number of thioether (sulfide) groups is 1. The van der Waals surface area contributed by atoms with Crippen molar-refractivity contribution in [1.29, 1.82) is 0 Å². The second-order valence-corrected chi connectivity index (χ2v) is 4.79. The summed E-state index contributed by atoms with van der Waals surface area (Å²) in [6, 6.07) is 7.69. The molecule has 0 aliphatic carbocycles. The molecule has 0 spiro atoms. The van der Waals surface area contributed by atoms with Gasteiger partial charge in [-0.1, -0.05) is 25.5 Å². The third-order valence-electron chi connectivity index (χ3n) is 2.23. The zero-order valence-electron chi connectivity index (χ0n) is 10.1. The number of benzene rings is 1. The molecular weight excluding hydrogens is 234 g/mol. The first kappa shape index (κ1) is 13.9. The largest absolute Gasteiger partial charge is 0.465 e. The van der Waals surface area contributed by atoms with Gasteiger partial charge in [-0.15, -0.1) is 11.8 Å². The molecule has 0 saturated carbocycles. The first-order valence-corrected chi connectivity index (χ1v) is 6.95. The zero-order valence-corrected chi connectivity index (χ0v) is 11.0. The Morgan fingerprint density at radius 2 is 2.06 bits per heavy atom. The highest BCUT2D eigenvalue weighted by atomic mass is 32.2. The number of rotatable bonds is 7. The lowest BCUT2D eigenvalue weighted by Gasteiger charge is -2.04. The molecule has 4 heteroatoms. The van der Waals surface area contributed by atoms with E-state index in [1.165, 1.54) is 5.56 Å². The molecule has 0 aromatic heterocycles. The summed E-state index contributed by atoms with van der Waals surface area (Å²) in [6.45, 7) is 2.61. The van der Waals surface area contributed by atoms with Gasteiger partial charge in [0.15, 0.2) is 0 Å². The fourth-order valence-electron chi connectivity index (χ4n) is 1.24. The first-order valence-electron chi connectivity index (χ1n) is 5.80. The van der Waals surface area contributed by atoms with Crippen LogP contribution in [0.25, 0.3) is 0 Å². The third-order valence-corrected chi connectivity index (χ3v) is 3.21. The van der Waals surface area contributed by atoms with E-state index in [4.69, 9.17) is 10.5 Å². The SMILES string of the molecule is CCCCOC(=O)CSCc1ccc(N)cc1. The van der Waals surface area contributed by atoms with Crippen molar-refractivity contribution in [3.8, 4) is 0 Å². The average Bonchev–Trinajstić information content (AvgIpc) is 2.32. The lowest BCUT2D eigenvalue weighted by molar-refractivity contribution is -0.140. The number of anilines is 1. The van der Waals surface area contributed by atoms with Gasteiger partial charge in [-0.3, -0.25) is 4.79 Å². The molecule has 17 heavy (non-hydrogen) atoms. The number of nitrogen functional groups attached to an aromatic ring is 1. The minimum atomic E-state index is -0.126. The van der Waals surface area contributed by atoms with E-state index in [2.05, 4.69) is 6.92 Å². The van der Waals surface area contributed by atoms with Crippen LogP contribution in [0, 0.1) is 0 Å². The zero-order chi connectivity index (χ0) is 12.5. The molecular formula is C13H19NO2S. The maximum absolute atomic E-state index is 11.3. The Morgan fingerprint density at radius 1 is 1.35 bits per heavy atom. The van der Waals surface area contributed by atoms with E-state index in [9.17, 15) is 4.79 Å². The van der Waals surface area contributed by atoms with E-state index in [1.54, 1.807) is 11.8 Å². The fourth-order valence-corrected chi connectivity index (χ4v) is 2.02. The van der Waals surface area contributed by atoms with E-state index in [0.29, 0.717) is 12.4 Å². The summed E-state index contributed by atoms with van der Waals surface area (Å²) in [6.07, 6.45) is 1.99. The van der Waals surface area contributed by atoms with Crippen LogP contribution >= 0.6 is 11.8 Å². The first-order chi connectivity index (χ1) is 8.22. The van der Waals surface area contributed by atoms with Crippen molar-refractivity contribution in [2.45, 2.75) is 25.5 Å². The number of hydrogen-bond donors (Lipinski definition) is 1. The van der Waals surface area contributed by atoms with Crippen LogP contribution in [0.2, 0.25) is 0 Å². The molecule has 0 heterocycles. The van der Waals surface area contributed by atoms with E-state index in [0.717, 1.165) is 24.3 Å². The summed E-state index contributed by atoms with van der Waals surface area (Å²) in [7, 11) is 0. The van der Waals surface area contributed by atoms with Gasteiger partial charge in [0.1, 0.15) is 0 Å². The maximum atomic E-state index is 11.3. The topological polar surface area (TPSA) is 52.3 Å². The Bertz CT molecular complexity index is 338. The molecule has 0 atom stereocenters. The van der Waals surface area contributed by atoms with Gasteiger partial charge in [-0.25, -0.2) is 0 Å². The van der Waals surface area contributed by atoms with Crippen LogP contribution in [0.15, 0.2) is 24.3 Å². The summed E-state index contributed by atoms with van der Waals surface area (Å²) in [5, 5.41) is 0. The molecule has 0 amide bonds. The van der Waals surface area contributed by atoms with E-state index in [-0.39, 0.29) is 5.97 Å². The van der Waals surface area contributed by atoms with Gasteiger partial charge in [-0.2, -0.15) is 0 Å². The van der Waals surface area contributed by atoms with Gasteiger partial charge >= 0.3 is 5.97 Å². The van der Waals surface area contributed by atoms with Crippen molar-refractivity contribution >= 4 is 23.4 Å². The van der Waals surface area contributed by atoms with Crippen LogP contribution in [0.5, 0.6) is 0 Å². The van der Waals surface area contributed by atoms with Crippen LogP contribution in [0.4, 0.5) is 5.69 Å². The Kier molecular flexibility index (Phi) is 6.55. The number of esters is 1. The van der Waals surface area contributed by atoms with Crippen LogP contribution < -0.4 is 5.73 Å². The van der Waals surface area contributed by atoms with Gasteiger partial charge in [0.05, 0.1) is 12.4 Å². The molecule has 0 aliphatic heterocycles. The number of nitrogens with two attached hydrogens (primary N) is 1. The quantitative estimate of drug-likeness (QED) is 0.461. The predicted molar refractivity (Wildman–Crippen MR) is 72.9 cm³/mol. The second-order valence-electron chi connectivity index (χ2n) is 3.81. The number of unbranched alkanes of at least 4 members (excludes halogenated alkanes) is 1. The molecule has 1 rings (SSSR count). The van der Waals surface area contributed by atoms with Gasteiger partial charge < -0.3 is 10.5 Å². The highest BCUT2D eigenvalue weighted by Gasteiger charge is 2.02. The summed E-state index contributed by atoms with van der Waals surface area (Å²) < 4.78 is 5.06. The van der Waals surface area contributed by atoms with E-state index in [1.807, 2.05) is 24.3 Å². The lowest BCUT2D eigenvalue weighted by Crippen LogP contribution is -2.08. The van der Waals surface area contributed by atoms with Crippen molar-refractivity contribution < 1.29 is 9.53 Å². The Morgan fingerprint density at radius 3 is 2.71 bits per heavy atom. The second kappa shape index (κ2) is 8.01. The summed E-state index contributed by atoms with van der Waals surface area (Å²) in [5.41, 5.74) is 7.52. The molecule has 0 saturated heterocycles. The molecule has 3 nitrogen and oxygen atoms in total. The van der Waals surface area contributed by atoms with Crippen LogP contribution in [0.1, 0.15) is 25.3 Å². The van der Waals surface area contributed by atoms with Gasteiger partial charge in [0.2, 0.25) is 0 Å². The van der Waals surface area contributed by atoms with Gasteiger partial charge in [0.25, 0.3) is 0 Å². The normalized spacial score (nSPS) is 10.2. The number of hydrogen-bond acceptors (Lipinski definition) is 4. The smallest absolute Gasteiger partial charge is 0.315 e. The summed E-state index contributed by atoms with van der Waals surface area (Å²) in [5.74, 6) is 1.09. The van der Waals surface area contributed by atoms with Crippen molar-refractivity contribution in [3.05, 3.63) is 29.8 Å². The van der Waals surface area contributed by atoms with Crippen molar-refractivity contribution in [2.75, 3.05) is 18.1 Å². The fraction of sp³-hybridized carbons (Fsp3) is 0.462. The minimum Gasteiger partial charge on any atom is -0.465 e. The molecule has 0 bridgehead atoms. The highest BCUT2D eigenvalue weighted by molar-refractivity contribution is 7.99. The average molecular weight is 253 g/mol. The highest BCUT2D eigenvalue weighted by Crippen LogP contribution is 2.14. The van der Waals surface area contributed by atoms with Crippen molar-refractivity contribution in [2.24, 2.45) is 0 Å². The minimum absolute atomic E-state index is 0.126. The van der Waals surface area contributed by atoms with Crippen molar-refractivity contribution in [1.82, 2.24) is 0 Å². The van der Waals surface area contributed by atoms with Gasteiger partial charge in [0, 0.05) is 11.4 Å². The van der Waals surface area contributed by atoms with Crippen molar-refractivity contribution in [3.63, 3.8) is 0 Å². The molecule has 0 unspecified atom stereocenters. The number of carbonyl (C=O) groups excluding carboxylic acids is 1. The molecule has 0 fully saturated rings. The monoisotopic (exact) mass is 253 g/mol. The summed E-state index contributed by atoms with van der Waals surface area (Å²) >= 11 is 1.56. The van der Waals surface area contributed by atoms with Crippen LogP contribution in [-0.4, -0.2) is 18.3 Å².